The van der Waals surface area contributed by atoms with Gasteiger partial charge in [-0.05, 0) is 60.9 Å². The summed E-state index contributed by atoms with van der Waals surface area (Å²) in [5.74, 6) is 0.0226. The molecule has 1 amide bonds. The van der Waals surface area contributed by atoms with E-state index in [1.165, 1.54) is 37.4 Å². The monoisotopic (exact) mass is 409 g/mol. The Hall–Kier alpha value is -2.31. The number of carbonyl (C=O) groups is 1. The number of hydrogen-bond acceptors (Lipinski definition) is 4. The third kappa shape index (κ3) is 4.82. The van der Waals surface area contributed by atoms with Gasteiger partial charge >= 0.3 is 0 Å². The van der Waals surface area contributed by atoms with E-state index in [2.05, 4.69) is 23.0 Å². The quantitative estimate of drug-likeness (QED) is 0.464. The van der Waals surface area contributed by atoms with Crippen molar-refractivity contribution in [2.75, 3.05) is 20.3 Å². The highest BCUT2D eigenvalue weighted by Crippen LogP contribution is 2.35. The molecule has 2 fully saturated rings. The SMILES string of the molecule is COCCCN1C(=O)/C(=C\c2ccn(C3CCCC3)c2)SC1=Nc1ccccc1. The van der Waals surface area contributed by atoms with E-state index in [4.69, 9.17) is 9.73 Å². The Balaban J connectivity index is 1.56. The summed E-state index contributed by atoms with van der Waals surface area (Å²) in [6.45, 7) is 1.22. The van der Waals surface area contributed by atoms with Gasteiger partial charge in [0.15, 0.2) is 5.17 Å². The maximum atomic E-state index is 13.1. The lowest BCUT2D eigenvalue weighted by atomic mass is 10.2. The van der Waals surface area contributed by atoms with Crippen LogP contribution >= 0.6 is 11.8 Å². The molecule has 2 aliphatic rings. The number of hydrogen-bond donors (Lipinski definition) is 0. The van der Waals surface area contributed by atoms with Crippen LogP contribution in [0, 0.1) is 0 Å². The van der Waals surface area contributed by atoms with Crippen molar-refractivity contribution in [1.29, 1.82) is 0 Å². The fraction of sp³-hybridized carbons (Fsp3) is 0.391. The van der Waals surface area contributed by atoms with Crippen LogP contribution in [0.25, 0.3) is 6.08 Å². The fourth-order valence-corrected chi connectivity index (χ4v) is 4.89. The number of para-hydroxylation sites is 1. The van der Waals surface area contributed by atoms with Gasteiger partial charge in [-0.2, -0.15) is 0 Å². The molecular weight excluding hydrogens is 382 g/mol. The van der Waals surface area contributed by atoms with Gasteiger partial charge in [-0.1, -0.05) is 31.0 Å². The summed E-state index contributed by atoms with van der Waals surface area (Å²) in [5.41, 5.74) is 1.93. The Morgan fingerprint density at radius 3 is 2.76 bits per heavy atom. The smallest absolute Gasteiger partial charge is 0.266 e. The molecule has 152 valence electrons. The van der Waals surface area contributed by atoms with Crippen LogP contribution in [0.4, 0.5) is 5.69 Å². The van der Waals surface area contributed by atoms with E-state index in [-0.39, 0.29) is 5.91 Å². The van der Waals surface area contributed by atoms with Crippen molar-refractivity contribution in [3.05, 3.63) is 59.3 Å². The molecule has 4 rings (SSSR count). The number of methoxy groups -OCH3 is 1. The second-order valence-electron chi connectivity index (χ2n) is 7.47. The molecule has 1 saturated heterocycles. The summed E-state index contributed by atoms with van der Waals surface area (Å²) in [6, 6.07) is 12.5. The summed E-state index contributed by atoms with van der Waals surface area (Å²) in [7, 11) is 1.68. The molecule has 6 heteroatoms. The standard InChI is InChI=1S/C23H27N3O2S/c1-28-15-7-13-26-22(27)21(29-23(26)24-19-8-3-2-4-9-19)16-18-12-14-25(17-18)20-10-5-6-11-20/h2-4,8-9,12,14,16-17,20H,5-7,10-11,13,15H2,1H3/b21-16+,24-23?. The zero-order valence-electron chi connectivity index (χ0n) is 16.8. The van der Waals surface area contributed by atoms with Crippen LogP contribution in [0.15, 0.2) is 58.7 Å². The Morgan fingerprint density at radius 2 is 2.00 bits per heavy atom. The zero-order chi connectivity index (χ0) is 20.1. The minimum Gasteiger partial charge on any atom is -0.385 e. The molecule has 5 nitrogen and oxygen atoms in total. The number of aliphatic imine (C=N–C) groups is 1. The van der Waals surface area contributed by atoms with Crippen molar-refractivity contribution >= 4 is 34.6 Å². The molecule has 1 saturated carbocycles. The Labute approximate surface area is 176 Å². The van der Waals surface area contributed by atoms with Crippen molar-refractivity contribution in [3.63, 3.8) is 0 Å². The number of rotatable bonds is 7. The molecule has 2 heterocycles. The van der Waals surface area contributed by atoms with Crippen LogP contribution in [-0.4, -0.2) is 40.8 Å². The van der Waals surface area contributed by atoms with Gasteiger partial charge < -0.3 is 9.30 Å². The third-order valence-electron chi connectivity index (χ3n) is 5.38. The number of thioether (sulfide) groups is 1. The number of ether oxygens (including phenoxy) is 1. The average Bonchev–Trinajstić information content (AvgIpc) is 3.47. The average molecular weight is 410 g/mol. The van der Waals surface area contributed by atoms with E-state index < -0.39 is 0 Å². The van der Waals surface area contributed by atoms with Gasteiger partial charge in [0.25, 0.3) is 5.91 Å². The van der Waals surface area contributed by atoms with E-state index >= 15 is 0 Å². The molecule has 2 aromatic rings. The van der Waals surface area contributed by atoms with E-state index in [1.54, 1.807) is 12.0 Å². The molecule has 0 atom stereocenters. The zero-order valence-corrected chi connectivity index (χ0v) is 17.6. The lowest BCUT2D eigenvalue weighted by Gasteiger charge is -2.15. The lowest BCUT2D eigenvalue weighted by Crippen LogP contribution is -2.30. The van der Waals surface area contributed by atoms with Gasteiger partial charge in [-0.3, -0.25) is 9.69 Å². The molecule has 0 spiro atoms. The molecule has 1 aliphatic carbocycles. The van der Waals surface area contributed by atoms with Crippen LogP contribution in [0.2, 0.25) is 0 Å². The summed E-state index contributed by atoms with van der Waals surface area (Å²) in [4.78, 5) is 20.3. The summed E-state index contributed by atoms with van der Waals surface area (Å²) >= 11 is 1.45. The van der Waals surface area contributed by atoms with Crippen LogP contribution in [0.1, 0.15) is 43.7 Å². The maximum Gasteiger partial charge on any atom is 0.266 e. The summed E-state index contributed by atoms with van der Waals surface area (Å²) in [5, 5.41) is 0.735. The number of amidine groups is 1. The van der Waals surface area contributed by atoms with Gasteiger partial charge in [0.2, 0.25) is 0 Å². The molecule has 0 unspecified atom stereocenters. The minimum atomic E-state index is 0.0226. The fourth-order valence-electron chi connectivity index (χ4n) is 3.87. The predicted octanol–water partition coefficient (Wildman–Crippen LogP) is 5.24. The van der Waals surface area contributed by atoms with Crippen molar-refractivity contribution in [2.45, 2.75) is 38.1 Å². The third-order valence-corrected chi connectivity index (χ3v) is 6.39. The molecule has 0 bridgehead atoms. The summed E-state index contributed by atoms with van der Waals surface area (Å²) < 4.78 is 7.47. The first-order chi connectivity index (χ1) is 14.2. The van der Waals surface area contributed by atoms with Crippen molar-refractivity contribution in [3.8, 4) is 0 Å². The van der Waals surface area contributed by atoms with Gasteiger partial charge in [0.05, 0.1) is 10.6 Å². The van der Waals surface area contributed by atoms with Crippen LogP contribution in [-0.2, 0) is 9.53 Å². The molecule has 0 radical (unpaired) electrons. The molecule has 1 aliphatic heterocycles. The Kier molecular flexibility index (Phi) is 6.52. The van der Waals surface area contributed by atoms with Gasteiger partial charge in [0.1, 0.15) is 0 Å². The number of amides is 1. The van der Waals surface area contributed by atoms with Crippen LogP contribution in [0.5, 0.6) is 0 Å². The maximum absolute atomic E-state index is 13.1. The lowest BCUT2D eigenvalue weighted by molar-refractivity contribution is -0.122. The van der Waals surface area contributed by atoms with Gasteiger partial charge in [-0.25, -0.2) is 4.99 Å². The molecule has 29 heavy (non-hydrogen) atoms. The van der Waals surface area contributed by atoms with Gasteiger partial charge in [0, 0.05) is 38.7 Å². The predicted molar refractivity (Wildman–Crippen MR) is 119 cm³/mol. The van der Waals surface area contributed by atoms with Gasteiger partial charge in [-0.15, -0.1) is 0 Å². The van der Waals surface area contributed by atoms with Crippen LogP contribution in [0.3, 0.4) is 0 Å². The molecule has 0 N–H and O–H groups in total. The van der Waals surface area contributed by atoms with Crippen molar-refractivity contribution in [1.82, 2.24) is 9.47 Å². The number of aromatic nitrogens is 1. The highest BCUT2D eigenvalue weighted by Gasteiger charge is 2.33. The molecule has 1 aromatic heterocycles. The number of carbonyl (C=O) groups excluding carboxylic acids is 1. The number of nitrogens with zero attached hydrogens (tertiary/aromatic N) is 3. The van der Waals surface area contributed by atoms with Crippen molar-refractivity contribution < 1.29 is 9.53 Å². The molecule has 1 aromatic carbocycles. The second-order valence-corrected chi connectivity index (χ2v) is 8.48. The highest BCUT2D eigenvalue weighted by atomic mass is 32.2. The first-order valence-corrected chi connectivity index (χ1v) is 11.1. The second kappa shape index (κ2) is 9.46. The summed E-state index contributed by atoms with van der Waals surface area (Å²) in [6.07, 6.45) is 12.2. The first-order valence-electron chi connectivity index (χ1n) is 10.3. The minimum absolute atomic E-state index is 0.0226. The van der Waals surface area contributed by atoms with Crippen LogP contribution < -0.4 is 0 Å². The normalized spacial score (nSPS) is 20.4. The highest BCUT2D eigenvalue weighted by molar-refractivity contribution is 8.18. The molecular formula is C23H27N3O2S. The topological polar surface area (TPSA) is 46.8 Å². The first kappa shape index (κ1) is 20.0. The van der Waals surface area contributed by atoms with E-state index in [9.17, 15) is 4.79 Å². The van der Waals surface area contributed by atoms with E-state index in [0.29, 0.717) is 19.2 Å². The Bertz CT molecular complexity index is 898. The number of benzene rings is 1. The van der Waals surface area contributed by atoms with Crippen molar-refractivity contribution in [2.24, 2.45) is 4.99 Å². The Morgan fingerprint density at radius 1 is 1.21 bits per heavy atom. The largest absolute Gasteiger partial charge is 0.385 e. The van der Waals surface area contributed by atoms with E-state index in [1.807, 2.05) is 36.4 Å². The van der Waals surface area contributed by atoms with E-state index in [0.717, 1.165) is 27.7 Å².